The first kappa shape index (κ1) is 60.3. The van der Waals surface area contributed by atoms with Crippen LogP contribution in [0.25, 0.3) is 0 Å². The molecule has 0 aromatic heterocycles. The Morgan fingerprint density at radius 3 is 0.892 bits per heavy atom. The van der Waals surface area contributed by atoms with Crippen molar-refractivity contribution in [2.75, 3.05) is 20.0 Å². The molecule has 0 bridgehead atoms. The minimum Gasteiger partial charge on any atom is -0.356 e. The Bertz CT molecular complexity index is 4570. The summed E-state index contributed by atoms with van der Waals surface area (Å²) in [5.41, 5.74) is 11.8. The van der Waals surface area contributed by atoms with Gasteiger partial charge < -0.3 is 20.0 Å². The summed E-state index contributed by atoms with van der Waals surface area (Å²) < 4.78 is 0.888. The van der Waals surface area contributed by atoms with E-state index < -0.39 is 16.1 Å². The van der Waals surface area contributed by atoms with E-state index in [4.69, 9.17) is 23.2 Å². The van der Waals surface area contributed by atoms with Crippen molar-refractivity contribution in [3.63, 3.8) is 0 Å². The number of para-hydroxylation sites is 8. The van der Waals surface area contributed by atoms with Crippen molar-refractivity contribution < 1.29 is 0 Å². The fourth-order valence-electron chi connectivity index (χ4n) is 13.6. The largest absolute Gasteiger partial charge is 0.356 e. The summed E-state index contributed by atoms with van der Waals surface area (Å²) in [5, 5.41) is 16.2. The quantitative estimate of drug-likeness (QED) is 0.130. The Morgan fingerprint density at radius 2 is 0.527 bits per heavy atom. The lowest BCUT2D eigenvalue weighted by Gasteiger charge is -2.45. The van der Waals surface area contributed by atoms with Crippen molar-refractivity contribution in [3.8, 4) is 0 Å². The van der Waals surface area contributed by atoms with E-state index >= 15 is 0 Å². The van der Waals surface area contributed by atoms with Gasteiger partial charge in [-0.2, -0.15) is 0 Å². The van der Waals surface area contributed by atoms with E-state index in [0.717, 1.165) is 55.7 Å². The van der Waals surface area contributed by atoms with Crippen molar-refractivity contribution in [2.45, 2.75) is 0 Å². The number of anilines is 11. The molecular weight excluding hydrogens is 1270 g/mol. The monoisotopic (exact) mass is 1330 g/mol. The summed E-state index contributed by atoms with van der Waals surface area (Å²) in [4.78, 5) is 6.76. The molecule has 0 saturated carbocycles. The number of nitrogens with zero attached hydrogens (tertiary/aromatic N) is 3. The second kappa shape index (κ2) is 27.3. The van der Waals surface area contributed by atoms with E-state index in [9.17, 15) is 0 Å². The van der Waals surface area contributed by atoms with Crippen LogP contribution in [0.3, 0.4) is 0 Å². The van der Waals surface area contributed by atoms with E-state index in [2.05, 4.69) is 345 Å². The number of rotatable bonds is 11. The maximum Gasteiger partial charge on any atom is 0.184 e. The number of hydrogen-bond donors (Lipinski definition) is 1. The molecule has 4 nitrogen and oxygen atoms in total. The molecule has 0 spiro atoms. The zero-order valence-electron chi connectivity index (χ0n) is 50.8. The van der Waals surface area contributed by atoms with Gasteiger partial charge in [-0.05, 0) is 154 Å². The van der Waals surface area contributed by atoms with Crippen LogP contribution in [0, 0.1) is 0 Å². The van der Waals surface area contributed by atoms with Gasteiger partial charge in [-0.1, -0.05) is 302 Å². The molecule has 2 aliphatic rings. The maximum absolute atomic E-state index is 7.60. The summed E-state index contributed by atoms with van der Waals surface area (Å²) in [6.07, 6.45) is 0. The van der Waals surface area contributed by atoms with Crippen LogP contribution < -0.4 is 61.5 Å². The maximum atomic E-state index is 7.60. The summed E-state index contributed by atoms with van der Waals surface area (Å²) in [6, 6.07) is 133. The highest BCUT2D eigenvalue weighted by atomic mass is 79.9. The van der Waals surface area contributed by atoms with Gasteiger partial charge >= 0.3 is 0 Å². The molecular formula is C84H63BrCl2N4Si2. The molecule has 0 radical (unpaired) electrons. The Kier molecular flexibility index (Phi) is 17.7. The van der Waals surface area contributed by atoms with E-state index in [1.165, 1.54) is 52.9 Å². The first-order valence-electron chi connectivity index (χ1n) is 31.2. The average Bonchev–Trinajstić information content (AvgIpc) is 0.707. The Balaban J connectivity index is 0.000000134. The smallest absolute Gasteiger partial charge is 0.184 e. The third-order valence-corrected chi connectivity index (χ3v) is 28.9. The van der Waals surface area contributed by atoms with Crippen LogP contribution in [0.15, 0.2) is 381 Å². The predicted molar refractivity (Wildman–Crippen MR) is 405 cm³/mol. The fourth-order valence-corrected chi connectivity index (χ4v) is 24.7. The zero-order valence-corrected chi connectivity index (χ0v) is 55.9. The number of benzene rings is 14. The van der Waals surface area contributed by atoms with Crippen LogP contribution >= 0.6 is 39.1 Å². The SMILES string of the molecule is Clc1c(Br)cccc1N(c1ccccc1)c1ccccc1.Clc1c(N(c2ccccc2)c2ccccc2)cccc1N1c2ccccc2[Si](c2ccccc2)(c2ccccc2)c2ccccc21.c1ccc([Si]2(c3ccccc3)c3ccccc3Nc3ccccc32)cc1. The van der Waals surface area contributed by atoms with Gasteiger partial charge in [0.1, 0.15) is 0 Å². The molecule has 2 heterocycles. The molecule has 14 aromatic rings. The van der Waals surface area contributed by atoms with Crippen molar-refractivity contribution in [1.82, 2.24) is 0 Å². The minimum atomic E-state index is -2.70. The van der Waals surface area contributed by atoms with Gasteiger partial charge in [-0.25, -0.2) is 0 Å². The van der Waals surface area contributed by atoms with Gasteiger partial charge in [0.25, 0.3) is 0 Å². The summed E-state index contributed by atoms with van der Waals surface area (Å²) in [7, 11) is -5.04. The molecule has 0 fully saturated rings. The molecule has 1 N–H and O–H groups in total. The first-order chi connectivity index (χ1) is 46.0. The first-order valence-corrected chi connectivity index (χ1v) is 36.7. The van der Waals surface area contributed by atoms with Gasteiger partial charge in [0.05, 0.1) is 27.1 Å². The van der Waals surface area contributed by atoms with Gasteiger partial charge in [0.15, 0.2) is 16.1 Å². The fraction of sp³-hybridized carbons (Fsp3) is 0. The van der Waals surface area contributed by atoms with Gasteiger partial charge in [-0.15, -0.1) is 0 Å². The van der Waals surface area contributed by atoms with E-state index in [1.807, 2.05) is 66.7 Å². The lowest BCUT2D eigenvalue weighted by atomic mass is 10.1. The second-order valence-electron chi connectivity index (χ2n) is 22.7. The Morgan fingerprint density at radius 1 is 0.258 bits per heavy atom. The minimum absolute atomic E-state index is 0.688. The van der Waals surface area contributed by atoms with E-state index in [-0.39, 0.29) is 0 Å². The predicted octanol–water partition coefficient (Wildman–Crippen LogP) is 18.7. The molecule has 16 rings (SSSR count). The number of hydrogen-bond acceptors (Lipinski definition) is 4. The van der Waals surface area contributed by atoms with Crippen LogP contribution in [0.5, 0.6) is 0 Å². The number of fused-ring (bicyclic) bond motifs is 4. The second-order valence-corrected chi connectivity index (χ2v) is 31.8. The number of halogens is 3. The van der Waals surface area contributed by atoms with Crippen LogP contribution in [-0.2, 0) is 0 Å². The van der Waals surface area contributed by atoms with Gasteiger partial charge in [0.2, 0.25) is 0 Å². The standard InChI is InChI=1S/C42H31ClN2Si.C24H19NSi.C18H13BrClN/c43-42-38(44(32-18-5-1-6-19-32)33-20-7-2-8-21-33)28-17-29-39(42)45-36-26-13-15-30-40(36)46(34-22-9-3-10-23-34,35-24-11-4-12-25-35)41-31-16-14-27-37(41)45;1-3-11-19(12-4-1)26(20-13-5-2-6-14-20)23-17-9-7-15-21(23)25-22-16-8-10-18-24(22)26;19-16-12-7-13-17(18(16)20)21(14-8-3-1-4-9-14)15-10-5-2-6-11-15/h1-31H;1-18,25H;1-13H. The van der Waals surface area contributed by atoms with Gasteiger partial charge in [0, 0.05) is 50.0 Å². The molecule has 0 aliphatic carbocycles. The van der Waals surface area contributed by atoms with Crippen molar-refractivity contribution in [1.29, 1.82) is 0 Å². The highest BCUT2D eigenvalue weighted by molar-refractivity contribution is 9.10. The molecule has 93 heavy (non-hydrogen) atoms. The highest BCUT2D eigenvalue weighted by Crippen LogP contribution is 2.48. The molecule has 0 amide bonds. The normalized spacial score (nSPS) is 12.7. The molecule has 9 heteroatoms. The summed E-state index contributed by atoms with van der Waals surface area (Å²) in [5.74, 6) is 0. The molecule has 0 atom stereocenters. The van der Waals surface area contributed by atoms with Crippen LogP contribution in [0.4, 0.5) is 62.6 Å². The Hall–Kier alpha value is -10.2. The van der Waals surface area contributed by atoms with Crippen LogP contribution in [0.1, 0.15) is 0 Å². The molecule has 14 aromatic carbocycles. The molecule has 2 aliphatic heterocycles. The zero-order chi connectivity index (χ0) is 63.0. The lowest BCUT2D eigenvalue weighted by Crippen LogP contribution is -2.77. The van der Waals surface area contributed by atoms with Gasteiger partial charge in [-0.3, -0.25) is 0 Å². The third-order valence-electron chi connectivity index (χ3n) is 17.5. The third kappa shape index (κ3) is 11.4. The topological polar surface area (TPSA) is 21.8 Å². The van der Waals surface area contributed by atoms with Crippen LogP contribution in [0.2, 0.25) is 10.0 Å². The summed E-state index contributed by atoms with van der Waals surface area (Å²) >= 11 is 17.6. The van der Waals surface area contributed by atoms with Crippen LogP contribution in [-0.4, -0.2) is 16.1 Å². The Labute approximate surface area is 565 Å². The van der Waals surface area contributed by atoms with Crippen molar-refractivity contribution in [2.24, 2.45) is 0 Å². The van der Waals surface area contributed by atoms with Crippen molar-refractivity contribution >= 4 is 159 Å². The molecule has 448 valence electrons. The average molecular weight is 1340 g/mol. The highest BCUT2D eigenvalue weighted by Gasteiger charge is 2.49. The lowest BCUT2D eigenvalue weighted by molar-refractivity contribution is 1.25. The molecule has 0 unspecified atom stereocenters. The van der Waals surface area contributed by atoms with E-state index in [1.54, 1.807) is 0 Å². The van der Waals surface area contributed by atoms with E-state index in [0.29, 0.717) is 10.0 Å². The number of nitrogens with one attached hydrogen (secondary N) is 1. The summed E-state index contributed by atoms with van der Waals surface area (Å²) in [6.45, 7) is 0. The van der Waals surface area contributed by atoms with Crippen molar-refractivity contribution in [3.05, 3.63) is 391 Å². The molecule has 0 saturated heterocycles.